The molecule has 0 radical (unpaired) electrons. The molecule has 0 bridgehead atoms. The van der Waals surface area contributed by atoms with Crippen molar-refractivity contribution in [3.63, 3.8) is 0 Å². The molecule has 1 atom stereocenters. The number of hydrogen-bond donors (Lipinski definition) is 2. The van der Waals surface area contributed by atoms with Gasteiger partial charge < -0.3 is 15.5 Å². The van der Waals surface area contributed by atoms with Gasteiger partial charge in [0.15, 0.2) is 0 Å². The summed E-state index contributed by atoms with van der Waals surface area (Å²) < 4.78 is 0. The molecule has 0 saturated carbocycles. The van der Waals surface area contributed by atoms with Crippen LogP contribution in [0.4, 0.5) is 0 Å². The van der Waals surface area contributed by atoms with Gasteiger partial charge in [0.25, 0.3) is 0 Å². The van der Waals surface area contributed by atoms with Gasteiger partial charge in [-0.2, -0.15) is 0 Å². The normalized spacial score (nSPS) is 12.0. The molecule has 2 amide bonds. The smallest absolute Gasteiger partial charge is 0.236 e. The number of carbonyl (C=O) groups is 2. The van der Waals surface area contributed by atoms with E-state index in [9.17, 15) is 9.59 Å². The molecular formula is C12H25N3O2. The molecule has 0 spiro atoms. The second kappa shape index (κ2) is 8.98. The summed E-state index contributed by atoms with van der Waals surface area (Å²) in [6.07, 6.45) is 2.48. The van der Waals surface area contributed by atoms with E-state index >= 15 is 0 Å². The molecule has 0 fully saturated rings. The summed E-state index contributed by atoms with van der Waals surface area (Å²) in [6.45, 7) is 5.14. The molecule has 0 aromatic heterocycles. The van der Waals surface area contributed by atoms with Gasteiger partial charge in [0.1, 0.15) is 0 Å². The minimum Gasteiger partial charge on any atom is -0.355 e. The Bertz CT molecular complexity index is 242. The van der Waals surface area contributed by atoms with Crippen molar-refractivity contribution in [2.45, 2.75) is 39.2 Å². The van der Waals surface area contributed by atoms with E-state index in [2.05, 4.69) is 17.6 Å². The molecule has 0 aromatic rings. The number of hydrogen-bond acceptors (Lipinski definition) is 3. The minimum atomic E-state index is -0.248. The molecule has 0 aliphatic carbocycles. The number of unbranched alkanes of at least 4 members (excludes halogenated alkanes) is 1. The Kier molecular flexibility index (Phi) is 8.40. The first-order valence-corrected chi connectivity index (χ1v) is 6.20. The topological polar surface area (TPSA) is 61.4 Å². The Labute approximate surface area is 104 Å². The van der Waals surface area contributed by atoms with Crippen LogP contribution in [-0.4, -0.2) is 49.9 Å². The highest BCUT2D eigenvalue weighted by molar-refractivity contribution is 5.81. The number of amides is 2. The first-order chi connectivity index (χ1) is 7.99. The standard InChI is InChI=1S/C12H25N3O2/c1-5-6-8-14-12(17)10(2)13-9-7-11(16)15(3)4/h10,13H,5-9H2,1-4H3,(H,14,17). The molecule has 0 aliphatic rings. The van der Waals surface area contributed by atoms with Crippen molar-refractivity contribution in [1.29, 1.82) is 0 Å². The monoisotopic (exact) mass is 243 g/mol. The summed E-state index contributed by atoms with van der Waals surface area (Å²) in [7, 11) is 3.45. The predicted molar refractivity (Wildman–Crippen MR) is 68.7 cm³/mol. The van der Waals surface area contributed by atoms with Crippen molar-refractivity contribution in [2.75, 3.05) is 27.2 Å². The van der Waals surface area contributed by atoms with Crippen molar-refractivity contribution in [3.05, 3.63) is 0 Å². The first kappa shape index (κ1) is 15.9. The summed E-state index contributed by atoms with van der Waals surface area (Å²) in [4.78, 5) is 24.4. The summed E-state index contributed by atoms with van der Waals surface area (Å²) in [6, 6.07) is -0.248. The van der Waals surface area contributed by atoms with Crippen LogP contribution in [0.3, 0.4) is 0 Å². The summed E-state index contributed by atoms with van der Waals surface area (Å²) >= 11 is 0. The highest BCUT2D eigenvalue weighted by Gasteiger charge is 2.12. The molecule has 17 heavy (non-hydrogen) atoms. The van der Waals surface area contributed by atoms with Crippen molar-refractivity contribution < 1.29 is 9.59 Å². The second-order valence-corrected chi connectivity index (χ2v) is 4.36. The number of nitrogens with one attached hydrogen (secondary N) is 2. The molecule has 5 nitrogen and oxygen atoms in total. The molecule has 0 heterocycles. The predicted octanol–water partition coefficient (Wildman–Crippen LogP) is 0.359. The van der Waals surface area contributed by atoms with E-state index in [1.807, 2.05) is 0 Å². The van der Waals surface area contributed by atoms with Gasteiger partial charge in [-0.25, -0.2) is 0 Å². The fraction of sp³-hybridized carbons (Fsp3) is 0.833. The van der Waals surface area contributed by atoms with Crippen LogP contribution < -0.4 is 10.6 Å². The molecular weight excluding hydrogens is 218 g/mol. The van der Waals surface area contributed by atoms with E-state index in [0.717, 1.165) is 19.4 Å². The number of nitrogens with zero attached hydrogens (tertiary/aromatic N) is 1. The highest BCUT2D eigenvalue weighted by atomic mass is 16.2. The minimum absolute atomic E-state index is 0.00393. The van der Waals surface area contributed by atoms with Crippen molar-refractivity contribution in [2.24, 2.45) is 0 Å². The maximum absolute atomic E-state index is 11.6. The fourth-order valence-corrected chi connectivity index (χ4v) is 1.25. The summed E-state index contributed by atoms with van der Waals surface area (Å²) in [5.74, 6) is 0.0619. The van der Waals surface area contributed by atoms with Crippen LogP contribution in [0.5, 0.6) is 0 Å². The van der Waals surface area contributed by atoms with E-state index in [1.54, 1.807) is 25.9 Å². The van der Waals surface area contributed by atoms with Crippen LogP contribution in [0.15, 0.2) is 0 Å². The van der Waals surface area contributed by atoms with Gasteiger partial charge in [0.05, 0.1) is 6.04 Å². The Morgan fingerprint density at radius 3 is 2.41 bits per heavy atom. The zero-order valence-electron chi connectivity index (χ0n) is 11.4. The molecule has 0 rings (SSSR count). The van der Waals surface area contributed by atoms with Gasteiger partial charge in [-0.3, -0.25) is 9.59 Å². The van der Waals surface area contributed by atoms with Crippen molar-refractivity contribution in [3.8, 4) is 0 Å². The fourth-order valence-electron chi connectivity index (χ4n) is 1.25. The number of carbonyl (C=O) groups excluding carboxylic acids is 2. The van der Waals surface area contributed by atoms with Gasteiger partial charge in [-0.15, -0.1) is 0 Å². The third-order valence-electron chi connectivity index (χ3n) is 2.51. The van der Waals surface area contributed by atoms with Gasteiger partial charge in [0, 0.05) is 33.6 Å². The van der Waals surface area contributed by atoms with Gasteiger partial charge in [0.2, 0.25) is 11.8 Å². The molecule has 5 heteroatoms. The van der Waals surface area contributed by atoms with Gasteiger partial charge in [-0.1, -0.05) is 13.3 Å². The zero-order valence-corrected chi connectivity index (χ0v) is 11.4. The number of rotatable bonds is 8. The van der Waals surface area contributed by atoms with Gasteiger partial charge >= 0.3 is 0 Å². The third-order valence-corrected chi connectivity index (χ3v) is 2.51. The Morgan fingerprint density at radius 1 is 1.24 bits per heavy atom. The van der Waals surface area contributed by atoms with E-state index in [4.69, 9.17) is 0 Å². The van der Waals surface area contributed by atoms with Crippen LogP contribution in [0.2, 0.25) is 0 Å². The molecule has 2 N–H and O–H groups in total. The quantitative estimate of drug-likeness (QED) is 0.605. The average molecular weight is 243 g/mol. The van der Waals surface area contributed by atoms with E-state index in [0.29, 0.717) is 13.0 Å². The molecule has 0 saturated heterocycles. The summed E-state index contributed by atoms with van der Waals surface area (Å²) in [5, 5.41) is 5.88. The Balaban J connectivity index is 3.67. The lowest BCUT2D eigenvalue weighted by Crippen LogP contribution is -2.43. The Morgan fingerprint density at radius 2 is 1.88 bits per heavy atom. The van der Waals surface area contributed by atoms with Crippen molar-refractivity contribution >= 4 is 11.8 Å². The molecule has 0 aromatic carbocycles. The second-order valence-electron chi connectivity index (χ2n) is 4.36. The van der Waals surface area contributed by atoms with Crippen molar-refractivity contribution in [1.82, 2.24) is 15.5 Å². The molecule has 100 valence electrons. The maximum Gasteiger partial charge on any atom is 0.236 e. The SMILES string of the molecule is CCCCNC(=O)C(C)NCCC(=O)N(C)C. The van der Waals surface area contributed by atoms with E-state index in [1.165, 1.54) is 0 Å². The highest BCUT2D eigenvalue weighted by Crippen LogP contribution is 1.89. The van der Waals surface area contributed by atoms with Crippen LogP contribution in [-0.2, 0) is 9.59 Å². The van der Waals surface area contributed by atoms with E-state index < -0.39 is 0 Å². The molecule has 0 aliphatic heterocycles. The lowest BCUT2D eigenvalue weighted by molar-refractivity contribution is -0.129. The lowest BCUT2D eigenvalue weighted by atomic mass is 10.2. The summed E-state index contributed by atoms with van der Waals surface area (Å²) in [5.41, 5.74) is 0. The average Bonchev–Trinajstić information content (AvgIpc) is 2.28. The van der Waals surface area contributed by atoms with Crippen LogP contribution in [0.25, 0.3) is 0 Å². The third kappa shape index (κ3) is 7.74. The largest absolute Gasteiger partial charge is 0.355 e. The van der Waals surface area contributed by atoms with Gasteiger partial charge in [-0.05, 0) is 13.3 Å². The Hall–Kier alpha value is -1.10. The van der Waals surface area contributed by atoms with Crippen LogP contribution in [0.1, 0.15) is 33.1 Å². The lowest BCUT2D eigenvalue weighted by Gasteiger charge is -2.15. The van der Waals surface area contributed by atoms with Crippen LogP contribution >= 0.6 is 0 Å². The maximum atomic E-state index is 11.6. The zero-order chi connectivity index (χ0) is 13.3. The first-order valence-electron chi connectivity index (χ1n) is 6.20. The van der Waals surface area contributed by atoms with E-state index in [-0.39, 0.29) is 17.9 Å². The van der Waals surface area contributed by atoms with Crippen LogP contribution in [0, 0.1) is 0 Å². The molecule has 1 unspecified atom stereocenters.